The number of rotatable bonds is 7. The molecule has 0 aliphatic heterocycles. The molecule has 0 radical (unpaired) electrons. The third-order valence-electron chi connectivity index (χ3n) is 4.12. The van der Waals surface area contributed by atoms with E-state index in [9.17, 15) is 9.90 Å². The Balaban J connectivity index is 2.18. The average Bonchev–Trinajstić information content (AvgIpc) is 2.64. The maximum Gasteiger partial charge on any atom is 0.257 e. The Morgan fingerprint density at radius 1 is 1.16 bits per heavy atom. The molecule has 2 aromatic carbocycles. The molecule has 1 amide bonds. The summed E-state index contributed by atoms with van der Waals surface area (Å²) in [6, 6.07) is 16.1. The van der Waals surface area contributed by atoms with Gasteiger partial charge in [-0.25, -0.2) is 0 Å². The molecule has 0 heterocycles. The molecular formula is C21H25NO3. The lowest BCUT2D eigenvalue weighted by molar-refractivity contribution is 0.0484. The van der Waals surface area contributed by atoms with Gasteiger partial charge in [0.1, 0.15) is 12.4 Å². The van der Waals surface area contributed by atoms with E-state index in [1.165, 1.54) is 0 Å². The molecular weight excluding hydrogens is 314 g/mol. The van der Waals surface area contributed by atoms with Crippen molar-refractivity contribution in [1.29, 1.82) is 0 Å². The van der Waals surface area contributed by atoms with E-state index < -0.39 is 6.10 Å². The van der Waals surface area contributed by atoms with Crippen LogP contribution in [-0.4, -0.2) is 35.6 Å². The third-order valence-corrected chi connectivity index (χ3v) is 4.12. The maximum absolute atomic E-state index is 12.9. The maximum atomic E-state index is 12.9. The number of carbonyl (C=O) groups is 1. The van der Waals surface area contributed by atoms with Gasteiger partial charge in [0.05, 0.1) is 17.7 Å². The number of amides is 1. The Morgan fingerprint density at radius 3 is 2.40 bits per heavy atom. The summed E-state index contributed by atoms with van der Waals surface area (Å²) >= 11 is 0. The van der Waals surface area contributed by atoms with Crippen molar-refractivity contribution in [2.45, 2.75) is 26.0 Å². The molecule has 0 bridgehead atoms. The van der Waals surface area contributed by atoms with Gasteiger partial charge in [-0.05, 0) is 37.1 Å². The lowest BCUT2D eigenvalue weighted by atomic mass is 10.0. The summed E-state index contributed by atoms with van der Waals surface area (Å²) in [6.45, 7) is 7.86. The van der Waals surface area contributed by atoms with Gasteiger partial charge in [-0.1, -0.05) is 49.0 Å². The lowest BCUT2D eigenvalue weighted by Gasteiger charge is -2.29. The molecule has 1 N–H and O–H groups in total. The summed E-state index contributed by atoms with van der Waals surface area (Å²) in [5, 5.41) is 10.6. The van der Waals surface area contributed by atoms with E-state index in [0.717, 1.165) is 11.1 Å². The minimum Gasteiger partial charge on any atom is -0.488 e. The van der Waals surface area contributed by atoms with Crippen molar-refractivity contribution >= 4 is 5.91 Å². The van der Waals surface area contributed by atoms with Gasteiger partial charge in [0, 0.05) is 7.05 Å². The van der Waals surface area contributed by atoms with E-state index >= 15 is 0 Å². The quantitative estimate of drug-likeness (QED) is 0.780. The summed E-state index contributed by atoms with van der Waals surface area (Å²) < 4.78 is 5.69. The van der Waals surface area contributed by atoms with Crippen LogP contribution in [-0.2, 0) is 0 Å². The molecule has 0 spiro atoms. The molecule has 2 aromatic rings. The normalized spacial score (nSPS) is 13.0. The number of carbonyl (C=O) groups excluding carboxylic acids is 1. The summed E-state index contributed by atoms with van der Waals surface area (Å²) in [5.74, 6) is 0.323. The molecule has 2 rings (SSSR count). The van der Waals surface area contributed by atoms with Crippen LogP contribution in [0.3, 0.4) is 0 Å². The molecule has 0 aliphatic carbocycles. The number of hydrogen-bond donors (Lipinski definition) is 1. The van der Waals surface area contributed by atoms with Crippen molar-refractivity contribution in [1.82, 2.24) is 4.90 Å². The smallest absolute Gasteiger partial charge is 0.257 e. The Kier molecular flexibility index (Phi) is 6.37. The summed E-state index contributed by atoms with van der Waals surface area (Å²) in [6.07, 6.45) is -0.765. The van der Waals surface area contributed by atoms with E-state index in [1.54, 1.807) is 30.1 Å². The lowest BCUT2D eigenvalue weighted by Crippen LogP contribution is -2.39. The molecule has 0 saturated heterocycles. The molecule has 132 valence electrons. The van der Waals surface area contributed by atoms with Crippen LogP contribution in [0.1, 0.15) is 35.9 Å². The van der Waals surface area contributed by atoms with Crippen LogP contribution in [0.5, 0.6) is 5.75 Å². The first-order valence-corrected chi connectivity index (χ1v) is 8.28. The highest BCUT2D eigenvalue weighted by Gasteiger charge is 2.26. The number of hydrogen-bond acceptors (Lipinski definition) is 3. The van der Waals surface area contributed by atoms with Crippen molar-refractivity contribution in [2.75, 3.05) is 13.7 Å². The SMILES string of the molecule is C=C(C)COc1ccccc1C(=O)N(C)C(C)C(O)c1ccccc1. The van der Waals surface area contributed by atoms with Crippen molar-refractivity contribution in [3.8, 4) is 5.75 Å². The predicted molar refractivity (Wildman–Crippen MR) is 99.7 cm³/mol. The zero-order valence-corrected chi connectivity index (χ0v) is 15.0. The van der Waals surface area contributed by atoms with Crippen molar-refractivity contribution < 1.29 is 14.6 Å². The highest BCUT2D eigenvalue weighted by molar-refractivity contribution is 5.97. The fourth-order valence-electron chi connectivity index (χ4n) is 2.49. The Bertz CT molecular complexity index is 727. The molecule has 0 fully saturated rings. The first-order chi connectivity index (χ1) is 11.9. The first kappa shape index (κ1) is 18.7. The molecule has 2 unspecified atom stereocenters. The predicted octanol–water partition coefficient (Wildman–Crippen LogP) is 3.84. The fraction of sp³-hybridized carbons (Fsp3) is 0.286. The number of aliphatic hydroxyl groups is 1. The van der Waals surface area contributed by atoms with E-state index in [2.05, 4.69) is 6.58 Å². The molecule has 0 aliphatic rings. The topological polar surface area (TPSA) is 49.8 Å². The number of para-hydroxylation sites is 1. The number of likely N-dealkylation sites (N-methyl/N-ethyl adjacent to an activating group) is 1. The summed E-state index contributed by atoms with van der Waals surface area (Å²) in [7, 11) is 1.69. The largest absolute Gasteiger partial charge is 0.488 e. The van der Waals surface area contributed by atoms with Gasteiger partial charge in [-0.3, -0.25) is 4.79 Å². The molecule has 4 nitrogen and oxygen atoms in total. The van der Waals surface area contributed by atoms with Crippen molar-refractivity contribution in [3.05, 3.63) is 77.9 Å². The van der Waals surface area contributed by atoms with E-state index in [4.69, 9.17) is 4.74 Å². The number of ether oxygens (including phenoxy) is 1. The van der Waals surface area contributed by atoms with Crippen LogP contribution < -0.4 is 4.74 Å². The van der Waals surface area contributed by atoms with E-state index in [-0.39, 0.29) is 11.9 Å². The van der Waals surface area contributed by atoms with E-state index in [0.29, 0.717) is 17.9 Å². The molecule has 0 saturated carbocycles. The number of benzene rings is 2. The van der Waals surface area contributed by atoms with Gasteiger partial charge in [-0.15, -0.1) is 0 Å². The van der Waals surface area contributed by atoms with Crippen LogP contribution in [0.15, 0.2) is 66.7 Å². The first-order valence-electron chi connectivity index (χ1n) is 8.28. The number of nitrogens with zero attached hydrogens (tertiary/aromatic N) is 1. The molecule has 2 atom stereocenters. The zero-order valence-electron chi connectivity index (χ0n) is 15.0. The third kappa shape index (κ3) is 4.70. The van der Waals surface area contributed by atoms with Gasteiger partial charge in [0.2, 0.25) is 0 Å². The monoisotopic (exact) mass is 339 g/mol. The van der Waals surface area contributed by atoms with Crippen LogP contribution in [0.4, 0.5) is 0 Å². The average molecular weight is 339 g/mol. The zero-order chi connectivity index (χ0) is 18.4. The summed E-state index contributed by atoms with van der Waals surface area (Å²) in [5.41, 5.74) is 2.13. The van der Waals surface area contributed by atoms with Crippen LogP contribution in [0.2, 0.25) is 0 Å². The second-order valence-corrected chi connectivity index (χ2v) is 6.25. The highest BCUT2D eigenvalue weighted by Crippen LogP contribution is 2.25. The Hall–Kier alpha value is -2.59. The molecule has 4 heteroatoms. The van der Waals surface area contributed by atoms with E-state index in [1.807, 2.05) is 50.2 Å². The van der Waals surface area contributed by atoms with Gasteiger partial charge in [-0.2, -0.15) is 0 Å². The standard InChI is InChI=1S/C21H25NO3/c1-15(2)14-25-19-13-9-8-12-18(19)21(24)22(4)16(3)20(23)17-10-6-5-7-11-17/h5-13,16,20,23H,1,14H2,2-4H3. The van der Waals surface area contributed by atoms with Gasteiger partial charge in [0.15, 0.2) is 0 Å². The minimum absolute atomic E-state index is 0.195. The van der Waals surface area contributed by atoms with Crippen LogP contribution >= 0.6 is 0 Å². The number of aliphatic hydroxyl groups excluding tert-OH is 1. The van der Waals surface area contributed by atoms with Gasteiger partial charge >= 0.3 is 0 Å². The summed E-state index contributed by atoms with van der Waals surface area (Å²) in [4.78, 5) is 14.4. The van der Waals surface area contributed by atoms with Gasteiger partial charge in [0.25, 0.3) is 5.91 Å². The second-order valence-electron chi connectivity index (χ2n) is 6.25. The fourth-order valence-corrected chi connectivity index (χ4v) is 2.49. The Labute approximate surface area is 149 Å². The second kappa shape index (κ2) is 8.49. The van der Waals surface area contributed by atoms with Gasteiger partial charge < -0.3 is 14.7 Å². The van der Waals surface area contributed by atoms with Crippen LogP contribution in [0, 0.1) is 0 Å². The molecule has 0 aromatic heterocycles. The minimum atomic E-state index is -0.765. The highest BCUT2D eigenvalue weighted by atomic mass is 16.5. The molecule has 25 heavy (non-hydrogen) atoms. The Morgan fingerprint density at radius 2 is 1.76 bits per heavy atom. The van der Waals surface area contributed by atoms with Crippen molar-refractivity contribution in [2.24, 2.45) is 0 Å². The van der Waals surface area contributed by atoms with Crippen molar-refractivity contribution in [3.63, 3.8) is 0 Å². The van der Waals surface area contributed by atoms with Crippen LogP contribution in [0.25, 0.3) is 0 Å².